The number of aryl methyl sites for hydroxylation is 1. The number of fused-ring (bicyclic) bond motifs is 1. The Labute approximate surface area is 127 Å². The zero-order valence-electron chi connectivity index (χ0n) is 11.5. The molecule has 0 atom stereocenters. The average Bonchev–Trinajstić information content (AvgIpc) is 3.11. The first kappa shape index (κ1) is 14.6. The topological polar surface area (TPSA) is 77.1 Å². The maximum atomic E-state index is 12.7. The lowest BCUT2D eigenvalue weighted by Crippen LogP contribution is -2.15. The summed E-state index contributed by atoms with van der Waals surface area (Å²) in [6.45, 7) is -0.666. The van der Waals surface area contributed by atoms with Crippen LogP contribution in [0.5, 0.6) is 0 Å². The number of alkyl halides is 2. The molecule has 22 heavy (non-hydrogen) atoms. The van der Waals surface area contributed by atoms with Crippen molar-refractivity contribution in [2.24, 2.45) is 0 Å². The van der Waals surface area contributed by atoms with E-state index in [4.69, 9.17) is 0 Å². The van der Waals surface area contributed by atoms with Crippen LogP contribution in [0.4, 0.5) is 13.9 Å². The Kier molecular flexibility index (Phi) is 3.84. The first-order chi connectivity index (χ1) is 10.6. The molecule has 3 aromatic heterocycles. The van der Waals surface area contributed by atoms with Crippen LogP contribution in [0.3, 0.4) is 0 Å². The van der Waals surface area contributed by atoms with Crippen molar-refractivity contribution in [3.05, 3.63) is 40.3 Å². The molecule has 7 nitrogen and oxygen atoms in total. The highest BCUT2D eigenvalue weighted by molar-refractivity contribution is 7.20. The quantitative estimate of drug-likeness (QED) is 0.775. The fraction of sp³-hybridized carbons (Fsp3) is 0.333. The average molecular weight is 326 g/mol. The van der Waals surface area contributed by atoms with Gasteiger partial charge in [-0.1, -0.05) is 18.3 Å². The van der Waals surface area contributed by atoms with Crippen LogP contribution >= 0.6 is 11.3 Å². The van der Waals surface area contributed by atoms with Gasteiger partial charge in [0.05, 0.1) is 6.54 Å². The number of hydrogen-bond donors (Lipinski definition) is 1. The van der Waals surface area contributed by atoms with Crippen molar-refractivity contribution < 1.29 is 8.78 Å². The van der Waals surface area contributed by atoms with Gasteiger partial charge < -0.3 is 5.32 Å². The SMILES string of the molecule is CCc1cc(=O)n2nc(NCc3nccn3C(F)F)sc2n1. The van der Waals surface area contributed by atoms with E-state index in [0.29, 0.717) is 22.2 Å². The third-order valence-corrected chi connectivity index (χ3v) is 3.88. The van der Waals surface area contributed by atoms with Gasteiger partial charge in [0.1, 0.15) is 5.82 Å². The molecule has 0 saturated carbocycles. The van der Waals surface area contributed by atoms with Crippen molar-refractivity contribution in [2.45, 2.75) is 26.4 Å². The van der Waals surface area contributed by atoms with Gasteiger partial charge in [0.15, 0.2) is 0 Å². The molecule has 0 unspecified atom stereocenters. The third kappa shape index (κ3) is 2.69. The lowest BCUT2D eigenvalue weighted by Gasteiger charge is -2.06. The van der Waals surface area contributed by atoms with E-state index in [1.54, 1.807) is 0 Å². The lowest BCUT2D eigenvalue weighted by atomic mass is 10.3. The minimum Gasteiger partial charge on any atom is -0.353 e. The second-order valence-corrected chi connectivity index (χ2v) is 5.38. The molecule has 1 N–H and O–H groups in total. The summed E-state index contributed by atoms with van der Waals surface area (Å²) in [6, 6.07) is 1.43. The minimum atomic E-state index is -2.65. The first-order valence-electron chi connectivity index (χ1n) is 6.52. The summed E-state index contributed by atoms with van der Waals surface area (Å²) in [7, 11) is 0. The Balaban J connectivity index is 1.84. The maximum absolute atomic E-state index is 12.7. The summed E-state index contributed by atoms with van der Waals surface area (Å²) in [5.74, 6) is 0.184. The van der Waals surface area contributed by atoms with Gasteiger partial charge in [-0.25, -0.2) is 9.97 Å². The summed E-state index contributed by atoms with van der Waals surface area (Å²) in [4.78, 5) is 20.5. The molecular formula is C12H12F2N6OS. The predicted octanol–water partition coefficient (Wildman–Crippen LogP) is 1.92. The molecule has 0 saturated heterocycles. The Morgan fingerprint density at radius 1 is 1.45 bits per heavy atom. The Morgan fingerprint density at radius 2 is 2.27 bits per heavy atom. The smallest absolute Gasteiger partial charge is 0.319 e. The molecule has 3 aromatic rings. The largest absolute Gasteiger partial charge is 0.353 e. The molecule has 10 heteroatoms. The minimum absolute atomic E-state index is 0.0759. The van der Waals surface area contributed by atoms with E-state index < -0.39 is 6.55 Å². The molecule has 116 valence electrons. The molecule has 0 bridgehead atoms. The van der Waals surface area contributed by atoms with E-state index in [1.165, 1.54) is 34.3 Å². The van der Waals surface area contributed by atoms with Crippen molar-refractivity contribution in [2.75, 3.05) is 5.32 Å². The molecule has 3 rings (SSSR count). The Hall–Kier alpha value is -2.36. The third-order valence-electron chi connectivity index (χ3n) is 3.02. The van der Waals surface area contributed by atoms with Crippen LogP contribution in [0.1, 0.15) is 25.0 Å². The van der Waals surface area contributed by atoms with Gasteiger partial charge >= 0.3 is 6.55 Å². The highest BCUT2D eigenvalue weighted by Gasteiger charge is 2.13. The number of hydrogen-bond acceptors (Lipinski definition) is 6. The fourth-order valence-corrected chi connectivity index (χ4v) is 2.74. The van der Waals surface area contributed by atoms with E-state index in [2.05, 4.69) is 20.4 Å². The monoisotopic (exact) mass is 326 g/mol. The van der Waals surface area contributed by atoms with Crippen LogP contribution in [0.2, 0.25) is 0 Å². The highest BCUT2D eigenvalue weighted by atomic mass is 32.1. The van der Waals surface area contributed by atoms with E-state index >= 15 is 0 Å². The zero-order valence-corrected chi connectivity index (χ0v) is 12.3. The molecular weight excluding hydrogens is 314 g/mol. The van der Waals surface area contributed by atoms with Crippen molar-refractivity contribution in [3.63, 3.8) is 0 Å². The zero-order chi connectivity index (χ0) is 15.7. The van der Waals surface area contributed by atoms with Crippen LogP contribution in [0.15, 0.2) is 23.3 Å². The van der Waals surface area contributed by atoms with Gasteiger partial charge in [-0.3, -0.25) is 9.36 Å². The van der Waals surface area contributed by atoms with Crippen LogP contribution < -0.4 is 10.9 Å². The molecule has 0 aliphatic rings. The molecule has 3 heterocycles. The molecule has 0 fully saturated rings. The maximum Gasteiger partial charge on any atom is 0.319 e. The molecule has 0 spiro atoms. The van der Waals surface area contributed by atoms with Crippen LogP contribution in [-0.4, -0.2) is 24.1 Å². The summed E-state index contributed by atoms with van der Waals surface area (Å²) in [5, 5.41) is 7.39. The van der Waals surface area contributed by atoms with Crippen molar-refractivity contribution in [1.82, 2.24) is 24.1 Å². The summed E-state index contributed by atoms with van der Waals surface area (Å²) in [6.07, 6.45) is 3.17. The van der Waals surface area contributed by atoms with Crippen LogP contribution in [0, 0.1) is 0 Å². The van der Waals surface area contributed by atoms with Gasteiger partial charge in [-0.05, 0) is 6.42 Å². The number of halogens is 2. The van der Waals surface area contributed by atoms with Gasteiger partial charge in [-0.15, -0.1) is 5.10 Å². The summed E-state index contributed by atoms with van der Waals surface area (Å²) in [5.41, 5.74) is 0.425. The van der Waals surface area contributed by atoms with E-state index in [-0.39, 0.29) is 17.9 Å². The van der Waals surface area contributed by atoms with Crippen LogP contribution in [-0.2, 0) is 13.0 Å². The molecule has 0 radical (unpaired) electrons. The number of anilines is 1. The molecule has 0 aliphatic heterocycles. The summed E-state index contributed by atoms with van der Waals surface area (Å²) < 4.78 is 27.4. The van der Waals surface area contributed by atoms with E-state index in [1.807, 2.05) is 6.92 Å². The normalized spacial score (nSPS) is 11.5. The number of nitrogens with one attached hydrogen (secondary N) is 1. The van der Waals surface area contributed by atoms with Gasteiger partial charge in [0.2, 0.25) is 10.1 Å². The number of imidazole rings is 1. The van der Waals surface area contributed by atoms with Gasteiger partial charge in [0.25, 0.3) is 5.56 Å². The number of rotatable bonds is 5. The fourth-order valence-electron chi connectivity index (χ4n) is 1.92. The Bertz CT molecular complexity index is 855. The number of aromatic nitrogens is 5. The highest BCUT2D eigenvalue weighted by Crippen LogP contribution is 2.18. The second-order valence-electron chi connectivity index (χ2n) is 4.42. The van der Waals surface area contributed by atoms with E-state index in [0.717, 1.165) is 4.57 Å². The standard InChI is InChI=1S/C12H12F2N6OS/c1-2-7-5-9(21)20-12(17-7)22-11(18-20)16-6-8-15-3-4-19(8)10(13)14/h3-5,10H,2,6H2,1H3,(H,16,18). The summed E-state index contributed by atoms with van der Waals surface area (Å²) >= 11 is 1.18. The van der Waals surface area contributed by atoms with Gasteiger partial charge in [0, 0.05) is 24.2 Å². The first-order valence-corrected chi connectivity index (χ1v) is 7.33. The second kappa shape index (κ2) is 5.79. The lowest BCUT2D eigenvalue weighted by molar-refractivity contribution is 0.0673. The predicted molar refractivity (Wildman–Crippen MR) is 77.3 cm³/mol. The molecule has 0 amide bonds. The molecule has 0 aliphatic carbocycles. The van der Waals surface area contributed by atoms with Crippen molar-refractivity contribution in [1.29, 1.82) is 0 Å². The van der Waals surface area contributed by atoms with Crippen molar-refractivity contribution in [3.8, 4) is 0 Å². The number of nitrogens with zero attached hydrogens (tertiary/aromatic N) is 5. The van der Waals surface area contributed by atoms with Crippen molar-refractivity contribution >= 4 is 21.4 Å². The molecule has 0 aromatic carbocycles. The van der Waals surface area contributed by atoms with Gasteiger partial charge in [-0.2, -0.15) is 13.3 Å². The van der Waals surface area contributed by atoms with Crippen LogP contribution in [0.25, 0.3) is 4.96 Å². The Morgan fingerprint density at radius 3 is 3.00 bits per heavy atom. The van der Waals surface area contributed by atoms with E-state index in [9.17, 15) is 13.6 Å².